The Balaban J connectivity index is 1.49. The summed E-state index contributed by atoms with van der Waals surface area (Å²) in [6, 6.07) is 8.32. The topological polar surface area (TPSA) is 76.3 Å². The zero-order valence-electron chi connectivity index (χ0n) is 16.0. The summed E-state index contributed by atoms with van der Waals surface area (Å²) in [4.78, 5) is 6.80. The molecule has 2 heterocycles. The normalized spacial score (nSPS) is 23.4. The molecule has 2 aromatic rings. The second-order valence-corrected chi connectivity index (χ2v) is 10.4. The van der Waals surface area contributed by atoms with Crippen molar-refractivity contribution in [3.63, 3.8) is 0 Å². The maximum atomic E-state index is 12.2. The molecule has 0 amide bonds. The van der Waals surface area contributed by atoms with Crippen LogP contribution in [-0.4, -0.2) is 47.6 Å². The fourth-order valence-corrected chi connectivity index (χ4v) is 5.58. The summed E-state index contributed by atoms with van der Waals surface area (Å²) < 4.78 is 29.9. The van der Waals surface area contributed by atoms with Crippen LogP contribution >= 0.6 is 0 Å². The molecule has 1 aromatic carbocycles. The maximum Gasteiger partial charge on any atom is 0.241 e. The standard InChI is InChI=1S/C20H27N3O3S/c1-14(2)15-4-8-17(9-5-15)20-21-19(26-22-20)12-23-10-3-11-27(24,25)13-18(23)16-6-7-16/h4-5,8-9,14,16,18H,3,6-7,10-13H2,1-2H3. The van der Waals surface area contributed by atoms with Gasteiger partial charge in [-0.15, -0.1) is 0 Å². The summed E-state index contributed by atoms with van der Waals surface area (Å²) >= 11 is 0. The van der Waals surface area contributed by atoms with Crippen LogP contribution in [0.4, 0.5) is 0 Å². The van der Waals surface area contributed by atoms with Crippen LogP contribution in [0, 0.1) is 5.92 Å². The van der Waals surface area contributed by atoms with Crippen molar-refractivity contribution in [1.29, 1.82) is 0 Å². The summed E-state index contributed by atoms with van der Waals surface area (Å²) in [5, 5.41) is 4.13. The number of hydrogen-bond donors (Lipinski definition) is 0. The van der Waals surface area contributed by atoms with Crippen LogP contribution in [-0.2, 0) is 16.4 Å². The molecule has 1 aromatic heterocycles. The van der Waals surface area contributed by atoms with E-state index in [-0.39, 0.29) is 17.5 Å². The smallest absolute Gasteiger partial charge is 0.241 e. The Kier molecular flexibility index (Phi) is 5.07. The summed E-state index contributed by atoms with van der Waals surface area (Å²) in [5.74, 6) is 2.66. The molecule has 1 aliphatic heterocycles. The van der Waals surface area contributed by atoms with Crippen molar-refractivity contribution in [2.75, 3.05) is 18.1 Å². The molecule has 27 heavy (non-hydrogen) atoms. The van der Waals surface area contributed by atoms with Crippen molar-refractivity contribution in [1.82, 2.24) is 15.0 Å². The van der Waals surface area contributed by atoms with Gasteiger partial charge in [0, 0.05) is 11.6 Å². The molecule has 1 saturated carbocycles. The van der Waals surface area contributed by atoms with Crippen molar-refractivity contribution in [3.8, 4) is 11.4 Å². The summed E-state index contributed by atoms with van der Waals surface area (Å²) in [7, 11) is -2.96. The SMILES string of the molecule is CC(C)c1ccc(-c2noc(CN3CCCS(=O)(=O)CC3C3CC3)n2)cc1. The van der Waals surface area contributed by atoms with Crippen LogP contribution in [0.1, 0.15) is 50.5 Å². The Hall–Kier alpha value is -1.73. The Bertz CT molecular complexity index is 885. The van der Waals surface area contributed by atoms with Crippen LogP contribution in [0.2, 0.25) is 0 Å². The molecule has 0 N–H and O–H groups in total. The number of aromatic nitrogens is 2. The van der Waals surface area contributed by atoms with E-state index in [2.05, 4.69) is 41.0 Å². The van der Waals surface area contributed by atoms with Crippen LogP contribution in [0.5, 0.6) is 0 Å². The highest BCUT2D eigenvalue weighted by molar-refractivity contribution is 7.91. The fourth-order valence-electron chi connectivity index (χ4n) is 3.84. The second-order valence-electron chi connectivity index (χ2n) is 8.13. The van der Waals surface area contributed by atoms with Crippen molar-refractivity contribution in [3.05, 3.63) is 35.7 Å². The van der Waals surface area contributed by atoms with E-state index in [0.717, 1.165) is 24.9 Å². The first-order chi connectivity index (χ1) is 12.9. The zero-order chi connectivity index (χ0) is 19.0. The quantitative estimate of drug-likeness (QED) is 0.781. The molecule has 146 valence electrons. The summed E-state index contributed by atoms with van der Waals surface area (Å²) in [6.45, 7) is 5.62. The van der Waals surface area contributed by atoms with E-state index in [0.29, 0.717) is 36.5 Å². The van der Waals surface area contributed by atoms with Gasteiger partial charge in [0.1, 0.15) is 0 Å². The highest BCUT2D eigenvalue weighted by Gasteiger charge is 2.40. The molecule has 1 unspecified atom stereocenters. The third-order valence-electron chi connectivity index (χ3n) is 5.60. The highest BCUT2D eigenvalue weighted by Crippen LogP contribution is 2.37. The second kappa shape index (κ2) is 7.36. The van der Waals surface area contributed by atoms with Crippen molar-refractivity contribution in [2.24, 2.45) is 5.92 Å². The number of rotatable bonds is 5. The molecule has 4 rings (SSSR count). The van der Waals surface area contributed by atoms with E-state index in [1.807, 2.05) is 12.1 Å². The molecule has 0 spiro atoms. The van der Waals surface area contributed by atoms with Gasteiger partial charge in [-0.2, -0.15) is 4.98 Å². The largest absolute Gasteiger partial charge is 0.338 e. The molecular formula is C20H27N3O3S. The van der Waals surface area contributed by atoms with Gasteiger partial charge in [0.05, 0.1) is 18.1 Å². The highest BCUT2D eigenvalue weighted by atomic mass is 32.2. The molecule has 7 heteroatoms. The van der Waals surface area contributed by atoms with Crippen LogP contribution in [0.25, 0.3) is 11.4 Å². The Labute approximate surface area is 160 Å². The number of nitrogens with zero attached hydrogens (tertiary/aromatic N) is 3. The van der Waals surface area contributed by atoms with Crippen molar-refractivity contribution in [2.45, 2.75) is 51.6 Å². The number of hydrogen-bond acceptors (Lipinski definition) is 6. The lowest BCUT2D eigenvalue weighted by molar-refractivity contribution is 0.165. The minimum Gasteiger partial charge on any atom is -0.338 e. The van der Waals surface area contributed by atoms with Crippen molar-refractivity contribution >= 4 is 9.84 Å². The first-order valence-corrected chi connectivity index (χ1v) is 11.6. The van der Waals surface area contributed by atoms with Gasteiger partial charge in [-0.25, -0.2) is 8.42 Å². The van der Waals surface area contributed by atoms with Crippen LogP contribution < -0.4 is 0 Å². The lowest BCUT2D eigenvalue weighted by Gasteiger charge is -2.27. The molecule has 1 saturated heterocycles. The Morgan fingerprint density at radius 3 is 2.63 bits per heavy atom. The molecule has 0 bridgehead atoms. The van der Waals surface area contributed by atoms with Gasteiger partial charge in [0.25, 0.3) is 0 Å². The Morgan fingerprint density at radius 2 is 1.96 bits per heavy atom. The predicted molar refractivity (Wildman–Crippen MR) is 104 cm³/mol. The zero-order valence-corrected chi connectivity index (χ0v) is 16.8. The van der Waals surface area contributed by atoms with Gasteiger partial charge in [0.2, 0.25) is 11.7 Å². The summed E-state index contributed by atoms with van der Waals surface area (Å²) in [6.07, 6.45) is 2.91. The van der Waals surface area contributed by atoms with Crippen LogP contribution in [0.15, 0.2) is 28.8 Å². The molecule has 6 nitrogen and oxygen atoms in total. The number of benzene rings is 1. The molecule has 1 aliphatic carbocycles. The van der Waals surface area contributed by atoms with Gasteiger partial charge >= 0.3 is 0 Å². The van der Waals surface area contributed by atoms with Gasteiger partial charge in [-0.3, -0.25) is 4.90 Å². The third-order valence-corrected chi connectivity index (χ3v) is 7.36. The number of sulfone groups is 1. The fraction of sp³-hybridized carbons (Fsp3) is 0.600. The Morgan fingerprint density at radius 1 is 1.22 bits per heavy atom. The summed E-state index contributed by atoms with van der Waals surface area (Å²) in [5.41, 5.74) is 2.21. The minimum absolute atomic E-state index is 0.0816. The van der Waals surface area contributed by atoms with E-state index >= 15 is 0 Å². The first kappa shape index (κ1) is 18.6. The molecule has 2 fully saturated rings. The van der Waals surface area contributed by atoms with E-state index in [1.165, 1.54) is 5.56 Å². The van der Waals surface area contributed by atoms with E-state index < -0.39 is 9.84 Å². The van der Waals surface area contributed by atoms with E-state index in [9.17, 15) is 8.42 Å². The molecule has 0 radical (unpaired) electrons. The molecule has 1 atom stereocenters. The molecular weight excluding hydrogens is 362 g/mol. The minimum atomic E-state index is -2.96. The van der Waals surface area contributed by atoms with Crippen LogP contribution in [0.3, 0.4) is 0 Å². The average molecular weight is 390 g/mol. The van der Waals surface area contributed by atoms with E-state index in [1.54, 1.807) is 0 Å². The first-order valence-electron chi connectivity index (χ1n) is 9.79. The van der Waals surface area contributed by atoms with Gasteiger partial charge < -0.3 is 4.52 Å². The predicted octanol–water partition coefficient (Wildman–Crippen LogP) is 3.26. The lowest BCUT2D eigenvalue weighted by atomic mass is 10.0. The lowest BCUT2D eigenvalue weighted by Crippen LogP contribution is -2.39. The van der Waals surface area contributed by atoms with Gasteiger partial charge in [0.15, 0.2) is 9.84 Å². The third kappa shape index (κ3) is 4.41. The van der Waals surface area contributed by atoms with Crippen molar-refractivity contribution < 1.29 is 12.9 Å². The molecule has 2 aliphatic rings. The maximum absolute atomic E-state index is 12.2. The van der Waals surface area contributed by atoms with Gasteiger partial charge in [-0.05, 0) is 43.2 Å². The van der Waals surface area contributed by atoms with E-state index in [4.69, 9.17) is 4.52 Å². The average Bonchev–Trinajstić information content (AvgIpc) is 3.39. The monoisotopic (exact) mass is 389 g/mol. The van der Waals surface area contributed by atoms with Gasteiger partial charge in [-0.1, -0.05) is 43.3 Å².